The zero-order valence-electron chi connectivity index (χ0n) is 16.1. The number of esters is 1. The Labute approximate surface area is 173 Å². The van der Waals surface area contributed by atoms with Crippen molar-refractivity contribution in [3.05, 3.63) is 107 Å². The van der Waals surface area contributed by atoms with Crippen LogP contribution in [0, 0.1) is 5.41 Å². The number of nitrogen functional groups attached to an aromatic ring is 1. The van der Waals surface area contributed by atoms with Crippen LogP contribution in [0.2, 0.25) is 0 Å². The summed E-state index contributed by atoms with van der Waals surface area (Å²) in [7, 11) is 0. The van der Waals surface area contributed by atoms with Crippen LogP contribution in [0.3, 0.4) is 0 Å². The fourth-order valence-electron chi connectivity index (χ4n) is 3.03. The van der Waals surface area contributed by atoms with E-state index in [1.807, 2.05) is 48.7 Å². The van der Waals surface area contributed by atoms with Gasteiger partial charge < -0.3 is 15.5 Å². The van der Waals surface area contributed by atoms with Gasteiger partial charge in [0.15, 0.2) is 0 Å². The second-order valence-corrected chi connectivity index (χ2v) is 6.81. The average Bonchev–Trinajstić information content (AvgIpc) is 3.24. The summed E-state index contributed by atoms with van der Waals surface area (Å²) >= 11 is 0. The molecular weight excluding hydrogens is 376 g/mol. The highest BCUT2D eigenvalue weighted by atomic mass is 16.5. The number of imidazole rings is 1. The highest BCUT2D eigenvalue weighted by Gasteiger charge is 2.10. The van der Waals surface area contributed by atoms with Crippen molar-refractivity contribution < 1.29 is 9.53 Å². The normalized spacial score (nSPS) is 10.5. The van der Waals surface area contributed by atoms with Crippen molar-refractivity contribution in [3.63, 3.8) is 0 Å². The minimum Gasteiger partial charge on any atom is -0.423 e. The van der Waals surface area contributed by atoms with Crippen LogP contribution in [0.1, 0.15) is 27.2 Å². The Hall–Kier alpha value is -4.19. The molecule has 0 aliphatic heterocycles. The number of nitrogens with two attached hydrogens (primary N) is 1. The Balaban J connectivity index is 1.39. The number of H-pyrrole nitrogens is 1. The molecule has 0 spiro atoms. The smallest absolute Gasteiger partial charge is 0.343 e. The summed E-state index contributed by atoms with van der Waals surface area (Å²) in [6.45, 7) is 0. The van der Waals surface area contributed by atoms with Gasteiger partial charge in [0.25, 0.3) is 0 Å². The van der Waals surface area contributed by atoms with E-state index in [1.165, 1.54) is 0 Å². The van der Waals surface area contributed by atoms with Gasteiger partial charge in [0.05, 0.1) is 11.3 Å². The van der Waals surface area contributed by atoms with Gasteiger partial charge in [0.1, 0.15) is 17.4 Å². The Morgan fingerprint density at radius 2 is 1.60 bits per heavy atom. The predicted molar refractivity (Wildman–Crippen MR) is 116 cm³/mol. The van der Waals surface area contributed by atoms with Crippen molar-refractivity contribution in [2.75, 3.05) is 0 Å². The zero-order valence-corrected chi connectivity index (χ0v) is 16.1. The molecular formula is C24H20N4O2. The summed E-state index contributed by atoms with van der Waals surface area (Å²) in [5, 5.41) is 7.39. The maximum atomic E-state index is 12.4. The lowest BCUT2D eigenvalue weighted by atomic mass is 10.1. The SMILES string of the molecule is N=C(N)c1ccc(OC(=O)c2ccc(Cc3c[nH]c(-c4ccccc4)n3)cc2)cc1. The van der Waals surface area contributed by atoms with Crippen LogP contribution in [0.5, 0.6) is 5.75 Å². The minimum atomic E-state index is -0.441. The number of benzene rings is 3. The van der Waals surface area contributed by atoms with Crippen molar-refractivity contribution >= 4 is 11.8 Å². The molecule has 4 aromatic rings. The number of hydrogen-bond acceptors (Lipinski definition) is 4. The highest BCUT2D eigenvalue weighted by molar-refractivity contribution is 5.95. The largest absolute Gasteiger partial charge is 0.423 e. The van der Waals surface area contributed by atoms with Crippen molar-refractivity contribution in [2.24, 2.45) is 5.73 Å². The van der Waals surface area contributed by atoms with Gasteiger partial charge in [0.2, 0.25) is 0 Å². The summed E-state index contributed by atoms with van der Waals surface area (Å²) in [6, 6.07) is 23.7. The van der Waals surface area contributed by atoms with E-state index in [-0.39, 0.29) is 5.84 Å². The molecule has 4 N–H and O–H groups in total. The summed E-state index contributed by atoms with van der Waals surface area (Å²) in [6.07, 6.45) is 2.56. The minimum absolute atomic E-state index is 0.0312. The van der Waals surface area contributed by atoms with Gasteiger partial charge in [-0.2, -0.15) is 0 Å². The fourth-order valence-corrected chi connectivity index (χ4v) is 3.03. The third-order valence-electron chi connectivity index (χ3n) is 4.63. The lowest BCUT2D eigenvalue weighted by molar-refractivity contribution is 0.0735. The number of nitrogens with zero attached hydrogens (tertiary/aromatic N) is 1. The standard InChI is InChI=1S/C24H20N4O2/c25-22(26)17-10-12-21(13-11-17)30-24(29)19-8-6-16(7-9-19)14-20-15-27-23(28-20)18-4-2-1-3-5-18/h1-13,15H,14H2,(H3,25,26)(H,27,28). The number of ether oxygens (including phenoxy) is 1. The van der Waals surface area contributed by atoms with Crippen LogP contribution in [-0.2, 0) is 6.42 Å². The Bertz CT molecular complexity index is 1160. The number of carbonyl (C=O) groups excluding carboxylic acids is 1. The molecule has 1 heterocycles. The molecule has 148 valence electrons. The van der Waals surface area contributed by atoms with Crippen LogP contribution in [0.4, 0.5) is 0 Å². The first-order valence-electron chi connectivity index (χ1n) is 9.44. The van der Waals surface area contributed by atoms with Crippen molar-refractivity contribution in [1.82, 2.24) is 9.97 Å². The van der Waals surface area contributed by atoms with E-state index in [9.17, 15) is 4.79 Å². The molecule has 6 heteroatoms. The van der Waals surface area contributed by atoms with Crippen molar-refractivity contribution in [2.45, 2.75) is 6.42 Å². The number of rotatable bonds is 6. The molecule has 0 fully saturated rings. The third-order valence-corrected chi connectivity index (χ3v) is 4.63. The first-order chi connectivity index (χ1) is 14.6. The van der Waals surface area contributed by atoms with Crippen LogP contribution in [0.25, 0.3) is 11.4 Å². The molecule has 0 aliphatic carbocycles. The Morgan fingerprint density at radius 3 is 2.27 bits per heavy atom. The zero-order chi connectivity index (χ0) is 20.9. The van der Waals surface area contributed by atoms with Crippen molar-refractivity contribution in [3.8, 4) is 17.1 Å². The number of amidine groups is 1. The lowest BCUT2D eigenvalue weighted by Crippen LogP contribution is -2.11. The molecule has 6 nitrogen and oxygen atoms in total. The third kappa shape index (κ3) is 4.44. The summed E-state index contributed by atoms with van der Waals surface area (Å²) in [5.41, 5.74) is 9.47. The molecule has 0 amide bonds. The maximum absolute atomic E-state index is 12.4. The number of nitrogens with one attached hydrogen (secondary N) is 2. The van der Waals surface area contributed by atoms with Gasteiger partial charge in [-0.1, -0.05) is 42.5 Å². The van der Waals surface area contributed by atoms with Gasteiger partial charge in [0, 0.05) is 23.7 Å². The van der Waals surface area contributed by atoms with Crippen LogP contribution in [-0.4, -0.2) is 21.8 Å². The Kier molecular flexibility index (Phi) is 5.39. The second kappa shape index (κ2) is 8.45. The predicted octanol–water partition coefficient (Wildman–Crippen LogP) is 4.17. The molecule has 4 rings (SSSR count). The molecule has 0 unspecified atom stereocenters. The van der Waals surface area contributed by atoms with Gasteiger partial charge in [-0.05, 0) is 42.0 Å². The maximum Gasteiger partial charge on any atom is 0.343 e. The van der Waals surface area contributed by atoms with E-state index in [4.69, 9.17) is 15.9 Å². The van der Waals surface area contributed by atoms with E-state index in [0.717, 1.165) is 22.6 Å². The van der Waals surface area contributed by atoms with Crippen LogP contribution in [0.15, 0.2) is 85.1 Å². The summed E-state index contributed by atoms with van der Waals surface area (Å²) < 4.78 is 5.38. The van der Waals surface area contributed by atoms with Gasteiger partial charge in [-0.15, -0.1) is 0 Å². The monoisotopic (exact) mass is 396 g/mol. The van der Waals surface area contributed by atoms with E-state index >= 15 is 0 Å². The van der Waals surface area contributed by atoms with Gasteiger partial charge in [-0.25, -0.2) is 9.78 Å². The number of aromatic nitrogens is 2. The number of aromatic amines is 1. The molecule has 30 heavy (non-hydrogen) atoms. The average molecular weight is 396 g/mol. The fraction of sp³-hybridized carbons (Fsp3) is 0.0417. The highest BCUT2D eigenvalue weighted by Crippen LogP contribution is 2.18. The molecule has 0 saturated heterocycles. The molecule has 0 aliphatic rings. The quantitative estimate of drug-likeness (QED) is 0.197. The van der Waals surface area contributed by atoms with Gasteiger partial charge >= 0.3 is 5.97 Å². The van der Waals surface area contributed by atoms with Crippen LogP contribution < -0.4 is 10.5 Å². The molecule has 3 aromatic carbocycles. The summed E-state index contributed by atoms with van der Waals surface area (Å²) in [5.74, 6) is 0.764. The van der Waals surface area contributed by atoms with E-state index in [1.54, 1.807) is 36.4 Å². The van der Waals surface area contributed by atoms with Gasteiger partial charge in [-0.3, -0.25) is 5.41 Å². The first kappa shape index (κ1) is 19.1. The number of hydrogen-bond donors (Lipinski definition) is 3. The lowest BCUT2D eigenvalue weighted by Gasteiger charge is -2.06. The first-order valence-corrected chi connectivity index (χ1v) is 9.44. The van der Waals surface area contributed by atoms with Crippen LogP contribution >= 0.6 is 0 Å². The van der Waals surface area contributed by atoms with E-state index < -0.39 is 5.97 Å². The van der Waals surface area contributed by atoms with E-state index in [2.05, 4.69) is 9.97 Å². The topological polar surface area (TPSA) is 105 Å². The molecule has 0 bridgehead atoms. The molecule has 0 saturated carbocycles. The van der Waals surface area contributed by atoms with E-state index in [0.29, 0.717) is 23.3 Å². The molecule has 0 radical (unpaired) electrons. The second-order valence-electron chi connectivity index (χ2n) is 6.81. The molecule has 0 atom stereocenters. The molecule has 1 aromatic heterocycles. The number of carbonyl (C=O) groups is 1. The summed E-state index contributed by atoms with van der Waals surface area (Å²) in [4.78, 5) is 20.2. The van der Waals surface area contributed by atoms with Crippen molar-refractivity contribution in [1.29, 1.82) is 5.41 Å². The Morgan fingerprint density at radius 1 is 0.933 bits per heavy atom.